The van der Waals surface area contributed by atoms with Gasteiger partial charge < -0.3 is 29.9 Å². The molecule has 23 heavy (non-hydrogen) atoms. The topological polar surface area (TPSA) is 116 Å². The molecular weight excluding hydrogens is 324 g/mol. The van der Waals surface area contributed by atoms with Crippen molar-refractivity contribution in [2.45, 2.75) is 36.0 Å². The zero-order valence-electron chi connectivity index (χ0n) is 12.5. The van der Waals surface area contributed by atoms with Crippen LogP contribution in [0.3, 0.4) is 0 Å². The van der Waals surface area contributed by atoms with E-state index in [1.807, 2.05) is 0 Å². The van der Waals surface area contributed by atoms with E-state index in [0.29, 0.717) is 5.56 Å². The second-order valence-corrected chi connectivity index (χ2v) is 6.35. The van der Waals surface area contributed by atoms with Gasteiger partial charge in [0.05, 0.1) is 6.10 Å². The number of ether oxygens (including phenoxy) is 2. The van der Waals surface area contributed by atoms with Crippen LogP contribution >= 0.6 is 11.8 Å². The van der Waals surface area contributed by atoms with Gasteiger partial charge in [-0.3, -0.25) is 4.79 Å². The first-order chi connectivity index (χ1) is 11.0. The predicted octanol–water partition coefficient (Wildman–Crippen LogP) is -0.000500. The van der Waals surface area contributed by atoms with Crippen molar-refractivity contribution >= 4 is 17.7 Å². The summed E-state index contributed by atoms with van der Waals surface area (Å²) in [5.41, 5.74) is 0.624. The van der Waals surface area contributed by atoms with E-state index in [1.54, 1.807) is 30.3 Å². The van der Waals surface area contributed by atoms with Crippen LogP contribution in [-0.2, 0) is 14.3 Å². The summed E-state index contributed by atoms with van der Waals surface area (Å²) in [5, 5.41) is 38.1. The molecule has 1 saturated heterocycles. The van der Waals surface area contributed by atoms with Crippen LogP contribution in [-0.4, -0.2) is 70.0 Å². The lowest BCUT2D eigenvalue weighted by Crippen LogP contribution is -2.58. The summed E-state index contributed by atoms with van der Waals surface area (Å²) in [4.78, 5) is 11.5. The number of thioether (sulfide) groups is 1. The van der Waals surface area contributed by atoms with Crippen LogP contribution in [0.25, 0.3) is 0 Å². The number of aliphatic carboxylic acids is 1. The number of benzene rings is 1. The molecule has 7 nitrogen and oxygen atoms in total. The smallest absolute Gasteiger partial charge is 0.321 e. The standard InChI is InChI=1S/C15H20O7S/c1-21-15-12(18)11(17)10(16)9(22-15)7-23-13(14(19)20)8-5-3-2-4-6-8/h2-6,9-13,15-18H,7H2,1H3,(H,19,20)/t9-,10-,11+,12-,13?,15-/m1/s1. The van der Waals surface area contributed by atoms with Crippen molar-refractivity contribution in [3.05, 3.63) is 35.9 Å². The molecule has 0 bridgehead atoms. The molecule has 128 valence electrons. The molecule has 0 saturated carbocycles. The number of aliphatic hydroxyl groups is 3. The molecule has 1 heterocycles. The monoisotopic (exact) mass is 344 g/mol. The van der Waals surface area contributed by atoms with Gasteiger partial charge in [0.15, 0.2) is 6.29 Å². The van der Waals surface area contributed by atoms with Gasteiger partial charge in [0.2, 0.25) is 0 Å². The molecule has 1 aromatic carbocycles. The molecule has 1 aliphatic rings. The molecule has 0 radical (unpaired) electrons. The third-order valence-corrected chi connectivity index (χ3v) is 4.98. The number of carboxylic acids is 1. The predicted molar refractivity (Wildman–Crippen MR) is 83.0 cm³/mol. The highest BCUT2D eigenvalue weighted by molar-refractivity contribution is 8.00. The highest BCUT2D eigenvalue weighted by Gasteiger charge is 2.44. The van der Waals surface area contributed by atoms with Crippen molar-refractivity contribution in [1.29, 1.82) is 0 Å². The van der Waals surface area contributed by atoms with Crippen LogP contribution in [0, 0.1) is 0 Å². The van der Waals surface area contributed by atoms with Crippen molar-refractivity contribution in [1.82, 2.24) is 0 Å². The highest BCUT2D eigenvalue weighted by atomic mass is 32.2. The van der Waals surface area contributed by atoms with Crippen LogP contribution in [0.2, 0.25) is 0 Å². The molecule has 1 aliphatic heterocycles. The fraction of sp³-hybridized carbons (Fsp3) is 0.533. The first-order valence-corrected chi connectivity index (χ1v) is 8.12. The van der Waals surface area contributed by atoms with Gasteiger partial charge in [0.25, 0.3) is 0 Å². The van der Waals surface area contributed by atoms with E-state index in [-0.39, 0.29) is 5.75 Å². The van der Waals surface area contributed by atoms with E-state index in [1.165, 1.54) is 7.11 Å². The third-order valence-electron chi connectivity index (χ3n) is 3.65. The lowest BCUT2D eigenvalue weighted by atomic mass is 10.00. The maximum atomic E-state index is 11.5. The van der Waals surface area contributed by atoms with E-state index < -0.39 is 41.9 Å². The van der Waals surface area contributed by atoms with Crippen LogP contribution in [0.1, 0.15) is 10.8 Å². The van der Waals surface area contributed by atoms with Gasteiger partial charge in [-0.05, 0) is 5.56 Å². The molecule has 6 atom stereocenters. The number of hydrogen-bond acceptors (Lipinski definition) is 7. The summed E-state index contributed by atoms with van der Waals surface area (Å²) in [5.74, 6) is -0.883. The lowest BCUT2D eigenvalue weighted by Gasteiger charge is -2.39. The maximum absolute atomic E-state index is 11.5. The minimum absolute atomic E-state index is 0.122. The number of carbonyl (C=O) groups is 1. The number of hydrogen-bond donors (Lipinski definition) is 4. The van der Waals surface area contributed by atoms with Crippen molar-refractivity contribution in [2.75, 3.05) is 12.9 Å². The number of methoxy groups -OCH3 is 1. The second kappa shape index (κ2) is 8.09. The Kier molecular flexibility index (Phi) is 6.40. The average Bonchev–Trinajstić information content (AvgIpc) is 2.55. The van der Waals surface area contributed by atoms with Gasteiger partial charge >= 0.3 is 5.97 Å². The Morgan fingerprint density at radius 1 is 1.22 bits per heavy atom. The minimum Gasteiger partial charge on any atom is -0.480 e. The molecule has 2 rings (SSSR count). The van der Waals surface area contributed by atoms with Gasteiger partial charge in [-0.25, -0.2) is 0 Å². The Labute approximate surface area is 137 Å². The Hall–Kier alpha value is -1.16. The lowest BCUT2D eigenvalue weighted by molar-refractivity contribution is -0.284. The summed E-state index contributed by atoms with van der Waals surface area (Å²) in [7, 11) is 1.31. The first kappa shape index (κ1) is 18.2. The van der Waals surface area contributed by atoms with Crippen LogP contribution in [0.15, 0.2) is 30.3 Å². The van der Waals surface area contributed by atoms with Gasteiger partial charge in [0.1, 0.15) is 23.6 Å². The molecular formula is C15H20O7S. The van der Waals surface area contributed by atoms with E-state index in [0.717, 1.165) is 11.8 Å². The van der Waals surface area contributed by atoms with E-state index in [9.17, 15) is 25.2 Å². The summed E-state index contributed by atoms with van der Waals surface area (Å²) in [6.07, 6.45) is -6.03. The largest absolute Gasteiger partial charge is 0.480 e. The fourth-order valence-corrected chi connectivity index (χ4v) is 3.53. The summed E-state index contributed by atoms with van der Waals surface area (Å²) < 4.78 is 10.3. The molecule has 8 heteroatoms. The van der Waals surface area contributed by atoms with Gasteiger partial charge in [-0.15, -0.1) is 11.8 Å². The van der Waals surface area contributed by atoms with E-state index in [2.05, 4.69) is 0 Å². The zero-order chi connectivity index (χ0) is 17.0. The van der Waals surface area contributed by atoms with Crippen molar-refractivity contribution in [2.24, 2.45) is 0 Å². The molecule has 0 spiro atoms. The van der Waals surface area contributed by atoms with Gasteiger partial charge in [-0.2, -0.15) is 0 Å². The van der Waals surface area contributed by atoms with Gasteiger partial charge in [0, 0.05) is 12.9 Å². The zero-order valence-corrected chi connectivity index (χ0v) is 13.3. The molecule has 1 unspecified atom stereocenters. The summed E-state index contributed by atoms with van der Waals surface area (Å²) in [6, 6.07) is 8.71. The van der Waals surface area contributed by atoms with E-state index in [4.69, 9.17) is 9.47 Å². The SMILES string of the molecule is CO[C@@H]1O[C@H](CSC(C(=O)O)c2ccccc2)[C@@H](O)[C@H](O)[C@H]1O. The van der Waals surface area contributed by atoms with Crippen LogP contribution in [0.4, 0.5) is 0 Å². The normalized spacial score (nSPS) is 32.4. The number of aliphatic hydroxyl groups excluding tert-OH is 3. The van der Waals surface area contributed by atoms with Crippen LogP contribution < -0.4 is 0 Å². The van der Waals surface area contributed by atoms with Crippen molar-refractivity contribution in [3.63, 3.8) is 0 Å². The molecule has 1 fully saturated rings. The summed E-state index contributed by atoms with van der Waals surface area (Å²) in [6.45, 7) is 0. The highest BCUT2D eigenvalue weighted by Crippen LogP contribution is 2.32. The molecule has 4 N–H and O–H groups in total. The molecule has 1 aromatic rings. The molecule has 0 aliphatic carbocycles. The summed E-state index contributed by atoms with van der Waals surface area (Å²) >= 11 is 1.08. The quantitative estimate of drug-likeness (QED) is 0.570. The Bertz CT molecular complexity index is 510. The number of carboxylic acid groups (broad SMARTS) is 1. The van der Waals surface area contributed by atoms with Crippen LogP contribution in [0.5, 0.6) is 0 Å². The van der Waals surface area contributed by atoms with Gasteiger partial charge in [-0.1, -0.05) is 30.3 Å². The Morgan fingerprint density at radius 2 is 1.87 bits per heavy atom. The third kappa shape index (κ3) is 4.23. The van der Waals surface area contributed by atoms with Crippen molar-refractivity contribution < 1.29 is 34.7 Å². The molecule has 0 amide bonds. The molecule has 0 aromatic heterocycles. The average molecular weight is 344 g/mol. The van der Waals surface area contributed by atoms with E-state index >= 15 is 0 Å². The first-order valence-electron chi connectivity index (χ1n) is 7.07. The second-order valence-electron chi connectivity index (χ2n) is 5.21. The number of rotatable bonds is 6. The Balaban J connectivity index is 2.04. The maximum Gasteiger partial charge on any atom is 0.321 e. The fourth-order valence-electron chi connectivity index (χ4n) is 2.38. The minimum atomic E-state index is -1.42. The van der Waals surface area contributed by atoms with Crippen molar-refractivity contribution in [3.8, 4) is 0 Å². The Morgan fingerprint density at radius 3 is 2.43 bits per heavy atom.